The fraction of sp³-hybridized carbons (Fsp3) is 0.429. The van der Waals surface area contributed by atoms with Crippen molar-refractivity contribution < 1.29 is 19.1 Å². The average molecular weight is 280 g/mol. The van der Waals surface area contributed by atoms with Crippen LogP contribution < -0.4 is 11.1 Å². The molecule has 20 heavy (non-hydrogen) atoms. The Bertz CT molecular complexity index is 488. The molecule has 0 aliphatic heterocycles. The van der Waals surface area contributed by atoms with E-state index in [1.54, 1.807) is 25.1 Å². The number of ether oxygens (including phenoxy) is 2. The number of nitrogens with one attached hydrogen (secondary N) is 1. The van der Waals surface area contributed by atoms with E-state index in [0.717, 1.165) is 11.1 Å². The highest BCUT2D eigenvalue weighted by Gasteiger charge is 2.21. The summed E-state index contributed by atoms with van der Waals surface area (Å²) in [7, 11) is 1.31. The fourth-order valence-corrected chi connectivity index (χ4v) is 1.89. The van der Waals surface area contributed by atoms with Gasteiger partial charge in [0.2, 0.25) is 0 Å². The van der Waals surface area contributed by atoms with Gasteiger partial charge < -0.3 is 20.5 Å². The first-order chi connectivity index (χ1) is 9.47. The number of methoxy groups -OCH3 is 1. The lowest BCUT2D eigenvalue weighted by Gasteiger charge is -2.20. The highest BCUT2D eigenvalue weighted by molar-refractivity contribution is 5.73. The van der Waals surface area contributed by atoms with Crippen molar-refractivity contribution in [2.75, 3.05) is 19.5 Å². The number of benzene rings is 1. The Morgan fingerprint density at radius 3 is 2.65 bits per heavy atom. The zero-order chi connectivity index (χ0) is 15.1. The molecule has 0 aliphatic rings. The summed E-state index contributed by atoms with van der Waals surface area (Å²) < 4.78 is 9.50. The molecule has 3 N–H and O–H groups in total. The first kappa shape index (κ1) is 15.8. The van der Waals surface area contributed by atoms with Crippen LogP contribution in [0.1, 0.15) is 30.5 Å². The maximum atomic E-state index is 11.6. The number of amides is 1. The summed E-state index contributed by atoms with van der Waals surface area (Å²) in [6.07, 6.45) is -0.544. The fourth-order valence-electron chi connectivity index (χ4n) is 1.89. The van der Waals surface area contributed by atoms with Crippen molar-refractivity contribution in [3.05, 3.63) is 29.3 Å². The number of anilines is 1. The summed E-state index contributed by atoms with van der Waals surface area (Å²) in [5.41, 5.74) is 8.01. The number of hydrogen-bond donors (Lipinski definition) is 2. The maximum Gasteiger partial charge on any atom is 0.407 e. The first-order valence-corrected chi connectivity index (χ1v) is 6.34. The van der Waals surface area contributed by atoms with Gasteiger partial charge in [0.05, 0.1) is 26.2 Å². The lowest BCUT2D eigenvalue weighted by molar-refractivity contribution is -0.141. The van der Waals surface area contributed by atoms with Crippen molar-refractivity contribution in [2.45, 2.75) is 26.3 Å². The van der Waals surface area contributed by atoms with Crippen LogP contribution in [0.4, 0.5) is 10.5 Å². The molecule has 1 atom stereocenters. The van der Waals surface area contributed by atoms with Crippen molar-refractivity contribution in [3.63, 3.8) is 0 Å². The topological polar surface area (TPSA) is 90.6 Å². The van der Waals surface area contributed by atoms with Crippen molar-refractivity contribution in [1.29, 1.82) is 0 Å². The molecule has 0 saturated heterocycles. The molecule has 1 unspecified atom stereocenters. The van der Waals surface area contributed by atoms with Gasteiger partial charge >= 0.3 is 12.1 Å². The number of rotatable bonds is 5. The number of carbonyl (C=O) groups is 2. The SMILES string of the molecule is CCOC(=O)NC(CC(=O)OC)c1ccc(N)cc1C. The molecule has 6 heteroatoms. The number of esters is 1. The van der Waals surface area contributed by atoms with Crippen LogP contribution in [0.15, 0.2) is 18.2 Å². The first-order valence-electron chi connectivity index (χ1n) is 6.34. The van der Waals surface area contributed by atoms with E-state index in [2.05, 4.69) is 10.1 Å². The van der Waals surface area contributed by atoms with Crippen LogP contribution in [-0.4, -0.2) is 25.8 Å². The Morgan fingerprint density at radius 2 is 2.10 bits per heavy atom. The molecule has 0 bridgehead atoms. The van der Waals surface area contributed by atoms with Crippen LogP contribution in [0.5, 0.6) is 0 Å². The minimum atomic E-state index is -0.572. The number of alkyl carbamates (subject to hydrolysis) is 1. The molecule has 110 valence electrons. The molecule has 0 aromatic heterocycles. The lowest BCUT2D eigenvalue weighted by Crippen LogP contribution is -2.31. The van der Waals surface area contributed by atoms with Crippen molar-refractivity contribution >= 4 is 17.7 Å². The zero-order valence-electron chi connectivity index (χ0n) is 11.9. The van der Waals surface area contributed by atoms with E-state index in [0.29, 0.717) is 5.69 Å². The van der Waals surface area contributed by atoms with E-state index in [9.17, 15) is 9.59 Å². The van der Waals surface area contributed by atoms with Gasteiger partial charge in [-0.25, -0.2) is 4.79 Å². The predicted octanol–water partition coefficient (Wildman–Crippen LogP) is 1.93. The third-order valence-corrected chi connectivity index (χ3v) is 2.84. The van der Waals surface area contributed by atoms with E-state index >= 15 is 0 Å². The molecule has 0 spiro atoms. The largest absolute Gasteiger partial charge is 0.469 e. The highest BCUT2D eigenvalue weighted by Crippen LogP contribution is 2.23. The second-order valence-electron chi connectivity index (χ2n) is 4.31. The molecule has 0 heterocycles. The molecule has 1 aromatic rings. The number of nitrogens with two attached hydrogens (primary N) is 1. The molecule has 1 rings (SSSR count). The van der Waals surface area contributed by atoms with Gasteiger partial charge in [-0.15, -0.1) is 0 Å². The van der Waals surface area contributed by atoms with Crippen molar-refractivity contribution in [1.82, 2.24) is 5.32 Å². The Kier molecular flexibility index (Phi) is 5.83. The van der Waals surface area contributed by atoms with E-state index in [-0.39, 0.29) is 13.0 Å². The molecule has 1 aromatic carbocycles. The summed E-state index contributed by atoms with van der Waals surface area (Å²) in [5.74, 6) is -0.414. The maximum absolute atomic E-state index is 11.6. The summed E-state index contributed by atoms with van der Waals surface area (Å²) in [4.78, 5) is 23.0. The van der Waals surface area contributed by atoms with Gasteiger partial charge in [-0.1, -0.05) is 6.07 Å². The zero-order valence-corrected chi connectivity index (χ0v) is 11.9. The second kappa shape index (κ2) is 7.37. The Hall–Kier alpha value is -2.24. The van der Waals surface area contributed by atoms with Crippen LogP contribution in [0, 0.1) is 6.92 Å². The summed E-state index contributed by atoms with van der Waals surface area (Å²) in [6.45, 7) is 3.84. The number of hydrogen-bond acceptors (Lipinski definition) is 5. The molecule has 0 saturated carbocycles. The summed E-state index contributed by atoms with van der Waals surface area (Å²) in [6, 6.07) is 4.78. The Morgan fingerprint density at radius 1 is 1.40 bits per heavy atom. The molecule has 6 nitrogen and oxygen atoms in total. The van der Waals surface area contributed by atoms with Crippen LogP contribution in [0.3, 0.4) is 0 Å². The van der Waals surface area contributed by atoms with E-state index in [1.165, 1.54) is 7.11 Å². The van der Waals surface area contributed by atoms with Gasteiger partial charge in [-0.2, -0.15) is 0 Å². The van der Waals surface area contributed by atoms with E-state index in [1.807, 2.05) is 6.92 Å². The predicted molar refractivity (Wildman–Crippen MR) is 75.1 cm³/mol. The monoisotopic (exact) mass is 280 g/mol. The van der Waals surface area contributed by atoms with Crippen LogP contribution in [0.25, 0.3) is 0 Å². The van der Waals surface area contributed by atoms with Crippen molar-refractivity contribution in [2.24, 2.45) is 0 Å². The number of aryl methyl sites for hydroxylation is 1. The Labute approximate surface area is 118 Å². The lowest BCUT2D eigenvalue weighted by atomic mass is 9.98. The van der Waals surface area contributed by atoms with E-state index in [4.69, 9.17) is 10.5 Å². The van der Waals surface area contributed by atoms with Gasteiger partial charge in [0.15, 0.2) is 0 Å². The van der Waals surface area contributed by atoms with Gasteiger partial charge in [-0.05, 0) is 37.1 Å². The van der Waals surface area contributed by atoms with Crippen molar-refractivity contribution in [3.8, 4) is 0 Å². The van der Waals surface area contributed by atoms with E-state index < -0.39 is 18.1 Å². The normalized spacial score (nSPS) is 11.6. The number of carbonyl (C=O) groups excluding carboxylic acids is 2. The quantitative estimate of drug-likeness (QED) is 0.635. The van der Waals surface area contributed by atoms with Gasteiger partial charge in [0.1, 0.15) is 0 Å². The number of nitrogen functional groups attached to an aromatic ring is 1. The average Bonchev–Trinajstić information content (AvgIpc) is 2.38. The second-order valence-corrected chi connectivity index (χ2v) is 4.31. The molecule has 0 radical (unpaired) electrons. The minimum absolute atomic E-state index is 0.0278. The molecule has 0 fully saturated rings. The van der Waals surface area contributed by atoms with Gasteiger partial charge in [0, 0.05) is 5.69 Å². The standard InChI is InChI=1S/C14H20N2O4/c1-4-20-14(18)16-12(8-13(17)19-3)11-6-5-10(15)7-9(11)2/h5-7,12H,4,8,15H2,1-3H3,(H,16,18). The van der Waals surface area contributed by atoms with Crippen LogP contribution in [0.2, 0.25) is 0 Å². The van der Waals surface area contributed by atoms with Gasteiger partial charge in [0.25, 0.3) is 0 Å². The molecule has 0 aliphatic carbocycles. The minimum Gasteiger partial charge on any atom is -0.469 e. The third kappa shape index (κ3) is 4.46. The third-order valence-electron chi connectivity index (χ3n) is 2.84. The smallest absolute Gasteiger partial charge is 0.407 e. The molecular weight excluding hydrogens is 260 g/mol. The molecular formula is C14H20N2O4. The van der Waals surface area contributed by atoms with Crippen LogP contribution >= 0.6 is 0 Å². The summed E-state index contributed by atoms with van der Waals surface area (Å²) in [5, 5.41) is 2.66. The highest BCUT2D eigenvalue weighted by atomic mass is 16.5. The van der Waals surface area contributed by atoms with Gasteiger partial charge in [-0.3, -0.25) is 4.79 Å². The Balaban J connectivity index is 2.96. The summed E-state index contributed by atoms with van der Waals surface area (Å²) >= 11 is 0. The van der Waals surface area contributed by atoms with Crippen LogP contribution in [-0.2, 0) is 14.3 Å². The molecule has 1 amide bonds.